The summed E-state index contributed by atoms with van der Waals surface area (Å²) in [5.74, 6) is 0.302. The molecule has 1 amide bonds. The number of carbonyl (C=O) groups excluding carboxylic acids is 2. The molecule has 0 radical (unpaired) electrons. The van der Waals surface area contributed by atoms with Crippen molar-refractivity contribution in [2.45, 2.75) is 44.8 Å². The van der Waals surface area contributed by atoms with E-state index in [2.05, 4.69) is 9.88 Å². The summed E-state index contributed by atoms with van der Waals surface area (Å²) >= 11 is 6.24. The van der Waals surface area contributed by atoms with Crippen LogP contribution in [0, 0.1) is 0 Å². The minimum atomic E-state index is -0.448. The number of fused-ring (bicyclic) bond motifs is 2. The molecule has 1 saturated carbocycles. The Morgan fingerprint density at radius 3 is 2.49 bits per heavy atom. The van der Waals surface area contributed by atoms with E-state index in [0.29, 0.717) is 35.1 Å². The maximum atomic E-state index is 12.7. The number of anilines is 1. The Balaban J connectivity index is 1.39. The summed E-state index contributed by atoms with van der Waals surface area (Å²) < 4.78 is 18.6. The fourth-order valence-electron chi connectivity index (χ4n) is 5.81. The van der Waals surface area contributed by atoms with Crippen LogP contribution in [0.5, 0.6) is 5.88 Å². The van der Waals surface area contributed by atoms with Crippen LogP contribution in [0.25, 0.3) is 21.8 Å². The molecule has 2 heterocycles. The number of carbonyl (C=O) groups is 2. The normalized spacial score (nSPS) is 13.4. The topological polar surface area (TPSA) is 91.7 Å². The quantitative estimate of drug-likeness (QED) is 0.184. The highest BCUT2D eigenvalue weighted by Gasteiger charge is 2.22. The zero-order valence-corrected chi connectivity index (χ0v) is 24.8. The van der Waals surface area contributed by atoms with Gasteiger partial charge in [0.15, 0.2) is 5.88 Å². The summed E-state index contributed by atoms with van der Waals surface area (Å²) in [6, 6.07) is 22.8. The number of methoxy groups -OCH3 is 2. The highest BCUT2D eigenvalue weighted by Crippen LogP contribution is 2.36. The van der Waals surface area contributed by atoms with Gasteiger partial charge in [0.25, 0.3) is 0 Å². The van der Waals surface area contributed by atoms with Crippen molar-refractivity contribution in [2.24, 2.45) is 0 Å². The Hall–Kier alpha value is -4.56. The van der Waals surface area contributed by atoms with E-state index in [-0.39, 0.29) is 12.1 Å². The number of rotatable bonds is 8. The highest BCUT2D eigenvalue weighted by atomic mass is 35.5. The summed E-state index contributed by atoms with van der Waals surface area (Å²) in [7, 11) is 3.02. The molecular formula is C34H32ClN3O5. The molecule has 0 atom stereocenters. The summed E-state index contributed by atoms with van der Waals surface area (Å²) in [5, 5.41) is 5.48. The van der Waals surface area contributed by atoms with Crippen molar-refractivity contribution in [1.82, 2.24) is 9.55 Å². The van der Waals surface area contributed by atoms with Crippen molar-refractivity contribution in [3.8, 4) is 5.88 Å². The van der Waals surface area contributed by atoms with Gasteiger partial charge in [-0.1, -0.05) is 35.9 Å². The second-order valence-electron chi connectivity index (χ2n) is 10.7. The van der Waals surface area contributed by atoms with Crippen LogP contribution in [0.3, 0.4) is 0 Å². The Kier molecular flexibility index (Phi) is 8.20. The predicted octanol–water partition coefficient (Wildman–Crippen LogP) is 7.77. The molecule has 0 bridgehead atoms. The fourth-order valence-corrected chi connectivity index (χ4v) is 5.97. The molecule has 6 rings (SSSR count). The second-order valence-corrected chi connectivity index (χ2v) is 11.2. The van der Waals surface area contributed by atoms with Gasteiger partial charge in [0, 0.05) is 33.5 Å². The van der Waals surface area contributed by atoms with Gasteiger partial charge in [-0.3, -0.25) is 10.3 Å². The third kappa shape index (κ3) is 6.15. The molecule has 1 aliphatic rings. The molecule has 220 valence electrons. The van der Waals surface area contributed by atoms with Crippen molar-refractivity contribution in [1.29, 1.82) is 0 Å². The molecule has 9 heteroatoms. The Bertz CT molecular complexity index is 1810. The van der Waals surface area contributed by atoms with E-state index in [9.17, 15) is 9.59 Å². The lowest BCUT2D eigenvalue weighted by molar-refractivity contribution is 0.0600. The number of benzene rings is 3. The van der Waals surface area contributed by atoms with Crippen molar-refractivity contribution >= 4 is 51.2 Å². The average Bonchev–Trinajstić information content (AvgIpc) is 3.62. The smallest absolute Gasteiger partial charge is 0.411 e. The molecule has 43 heavy (non-hydrogen) atoms. The minimum absolute atomic E-state index is 0.0298. The van der Waals surface area contributed by atoms with Crippen LogP contribution in [-0.4, -0.2) is 41.9 Å². The van der Waals surface area contributed by atoms with E-state index in [1.165, 1.54) is 7.11 Å². The van der Waals surface area contributed by atoms with Crippen molar-refractivity contribution in [3.05, 3.63) is 100 Å². The van der Waals surface area contributed by atoms with Crippen LogP contribution in [0.4, 0.5) is 10.5 Å². The second kappa shape index (κ2) is 12.4. The van der Waals surface area contributed by atoms with Gasteiger partial charge in [-0.05, 0) is 79.8 Å². The first-order valence-electron chi connectivity index (χ1n) is 14.3. The predicted molar refractivity (Wildman–Crippen MR) is 167 cm³/mol. The summed E-state index contributed by atoms with van der Waals surface area (Å²) in [6.07, 6.45) is 4.03. The number of aromatic nitrogens is 2. The number of ether oxygens (including phenoxy) is 3. The maximum absolute atomic E-state index is 12.7. The van der Waals surface area contributed by atoms with Gasteiger partial charge in [0.2, 0.25) is 0 Å². The number of hydrogen-bond donors (Lipinski definition) is 1. The molecule has 0 spiro atoms. The zero-order valence-electron chi connectivity index (χ0n) is 24.1. The molecular weight excluding hydrogens is 566 g/mol. The van der Waals surface area contributed by atoms with E-state index in [1.807, 2.05) is 60.7 Å². The molecule has 0 saturated heterocycles. The molecule has 1 fully saturated rings. The van der Waals surface area contributed by atoms with Crippen LogP contribution in [0.2, 0.25) is 5.02 Å². The molecule has 8 nitrogen and oxygen atoms in total. The number of esters is 1. The monoisotopic (exact) mass is 597 g/mol. The van der Waals surface area contributed by atoms with Gasteiger partial charge in [-0.15, -0.1) is 0 Å². The largest absolute Gasteiger partial charge is 0.482 e. The van der Waals surface area contributed by atoms with Gasteiger partial charge < -0.3 is 18.8 Å². The number of halogens is 1. The lowest BCUT2D eigenvalue weighted by Gasteiger charge is -2.13. The number of amides is 1. The third-order valence-electron chi connectivity index (χ3n) is 7.92. The third-order valence-corrected chi connectivity index (χ3v) is 8.15. The van der Waals surface area contributed by atoms with Crippen molar-refractivity contribution in [2.75, 3.05) is 19.5 Å². The molecule has 2 aromatic heterocycles. The van der Waals surface area contributed by atoms with Gasteiger partial charge in [-0.2, -0.15) is 0 Å². The van der Waals surface area contributed by atoms with Gasteiger partial charge in [-0.25, -0.2) is 9.59 Å². The van der Waals surface area contributed by atoms with E-state index in [1.54, 1.807) is 19.2 Å². The summed E-state index contributed by atoms with van der Waals surface area (Å²) in [4.78, 5) is 29.5. The van der Waals surface area contributed by atoms with E-state index in [4.69, 9.17) is 30.8 Å². The Labute approximate surface area is 254 Å². The lowest BCUT2D eigenvalue weighted by atomic mass is 10.0. The van der Waals surface area contributed by atoms with E-state index in [0.717, 1.165) is 64.3 Å². The summed E-state index contributed by atoms with van der Waals surface area (Å²) in [5.41, 5.74) is 5.65. The Morgan fingerprint density at radius 2 is 1.74 bits per heavy atom. The van der Waals surface area contributed by atoms with E-state index < -0.39 is 6.09 Å². The van der Waals surface area contributed by atoms with Gasteiger partial charge in [0.1, 0.15) is 6.10 Å². The molecule has 0 aliphatic heterocycles. The van der Waals surface area contributed by atoms with Crippen LogP contribution >= 0.6 is 11.6 Å². The molecule has 5 aromatic rings. The molecule has 1 aliphatic carbocycles. The minimum Gasteiger partial charge on any atom is -0.482 e. The van der Waals surface area contributed by atoms with Crippen LogP contribution < -0.4 is 10.1 Å². The van der Waals surface area contributed by atoms with E-state index >= 15 is 0 Å². The Morgan fingerprint density at radius 1 is 0.977 bits per heavy atom. The molecule has 1 N–H and O–H groups in total. The van der Waals surface area contributed by atoms with Crippen LogP contribution in [-0.2, 0) is 22.4 Å². The zero-order chi connectivity index (χ0) is 29.9. The number of nitrogens with one attached hydrogen (secondary N) is 1. The number of nitrogens with zero attached hydrogens (tertiary/aromatic N) is 2. The SMILES string of the molecule is COC(=O)c1ccc(Cc2c(OC)n(Cc3ccc4ccc(Cl)cc4n3)c3ccc(NC(=O)OC4CCCC4)cc23)cc1. The summed E-state index contributed by atoms with van der Waals surface area (Å²) in [6.45, 7) is 0.458. The lowest BCUT2D eigenvalue weighted by Crippen LogP contribution is -2.20. The fraction of sp³-hybridized carbons (Fsp3) is 0.265. The van der Waals surface area contributed by atoms with Crippen LogP contribution in [0.15, 0.2) is 72.8 Å². The van der Waals surface area contributed by atoms with Crippen molar-refractivity contribution in [3.63, 3.8) is 0 Å². The standard InChI is InChI=1S/C34H32ClN3O5/c1-41-32-29(17-21-7-9-23(10-8-21)33(39)42-2)28-19-25(37-34(40)43-27-5-3-4-6-27)15-16-31(28)38(32)20-26-14-12-22-11-13-24(35)18-30(22)36-26/h7-16,18-19,27H,3-6,17,20H2,1-2H3,(H,37,40). The highest BCUT2D eigenvalue weighted by molar-refractivity contribution is 6.31. The molecule has 0 unspecified atom stereocenters. The van der Waals surface area contributed by atoms with Crippen LogP contribution in [0.1, 0.15) is 52.9 Å². The average molecular weight is 598 g/mol. The first-order chi connectivity index (χ1) is 20.9. The number of pyridine rings is 1. The first-order valence-corrected chi connectivity index (χ1v) is 14.7. The molecule has 3 aromatic carbocycles. The van der Waals surface area contributed by atoms with Crippen molar-refractivity contribution < 1.29 is 23.8 Å². The first kappa shape index (κ1) is 28.6. The maximum Gasteiger partial charge on any atom is 0.411 e. The van der Waals surface area contributed by atoms with Gasteiger partial charge in [0.05, 0.1) is 43.1 Å². The van der Waals surface area contributed by atoms with Gasteiger partial charge >= 0.3 is 12.1 Å². The number of hydrogen-bond acceptors (Lipinski definition) is 6.